The van der Waals surface area contributed by atoms with E-state index in [0.717, 1.165) is 43.6 Å². The average Bonchev–Trinajstić information content (AvgIpc) is 2.87. The van der Waals surface area contributed by atoms with Crippen molar-refractivity contribution in [1.29, 1.82) is 0 Å². The molecule has 2 fully saturated rings. The number of halogens is 3. The highest BCUT2D eigenvalue weighted by Crippen LogP contribution is 2.39. The van der Waals surface area contributed by atoms with E-state index in [4.69, 9.17) is 4.74 Å². The van der Waals surface area contributed by atoms with Gasteiger partial charge in [-0.3, -0.25) is 9.69 Å². The van der Waals surface area contributed by atoms with Crippen LogP contribution in [0.4, 0.5) is 13.2 Å². The zero-order valence-electron chi connectivity index (χ0n) is 22.8. The molecule has 4 rings (SSSR count). The smallest absolute Gasteiger partial charge is 0.384 e. The van der Waals surface area contributed by atoms with Crippen LogP contribution in [0, 0.1) is 13.8 Å². The predicted molar refractivity (Wildman–Crippen MR) is 139 cm³/mol. The third-order valence-electron chi connectivity index (χ3n) is 8.38. The molecule has 0 aliphatic carbocycles. The van der Waals surface area contributed by atoms with Gasteiger partial charge in [-0.05, 0) is 58.2 Å². The lowest BCUT2D eigenvalue weighted by atomic mass is 9.79. The number of hydrogen-bond donors (Lipinski definition) is 1. The minimum Gasteiger partial charge on any atom is -0.384 e. The largest absolute Gasteiger partial charge is 0.416 e. The summed E-state index contributed by atoms with van der Waals surface area (Å²) in [6, 6.07) is 5.61. The molecule has 2 aliphatic heterocycles. The summed E-state index contributed by atoms with van der Waals surface area (Å²) in [4.78, 5) is 26.2. The molecule has 10 heteroatoms. The highest BCUT2D eigenvalue weighted by atomic mass is 19.4. The molecule has 1 N–H and O–H groups in total. The summed E-state index contributed by atoms with van der Waals surface area (Å²) in [5.41, 5.74) is 1.95. The number of aromatic nitrogens is 2. The van der Waals surface area contributed by atoms with Crippen molar-refractivity contribution in [2.75, 3.05) is 39.9 Å². The number of piperidine rings is 1. The number of aryl methyl sites for hydroxylation is 2. The van der Waals surface area contributed by atoms with E-state index in [9.17, 15) is 18.0 Å². The Hall–Kier alpha value is -2.56. The van der Waals surface area contributed by atoms with Crippen LogP contribution in [-0.4, -0.2) is 83.2 Å². The van der Waals surface area contributed by atoms with E-state index in [-0.39, 0.29) is 29.4 Å². The van der Waals surface area contributed by atoms with Crippen LogP contribution in [0.15, 0.2) is 30.6 Å². The number of benzene rings is 1. The number of ether oxygens (including phenoxy) is 1. The summed E-state index contributed by atoms with van der Waals surface area (Å²) in [7, 11) is 1.63. The van der Waals surface area contributed by atoms with Crippen molar-refractivity contribution in [2.24, 2.45) is 0 Å². The fourth-order valence-electron chi connectivity index (χ4n) is 6.18. The molecule has 208 valence electrons. The van der Waals surface area contributed by atoms with E-state index >= 15 is 0 Å². The third kappa shape index (κ3) is 5.72. The molecule has 1 amide bonds. The van der Waals surface area contributed by atoms with Gasteiger partial charge in [0.1, 0.15) is 6.33 Å². The standard InChI is InChI=1S/C28H38F3N5O2/c1-18-24(19(2)34-17-33-18)26(37)35-13-10-27(4,11-14-35)36-15-12-32-20(3)25(36)23(16-38-5)21-6-8-22(9-7-21)28(29,30)31/h6-9,17,20,23,25,32H,10-16H2,1-5H3/t20?,23-,25-/m1/s1. The van der Waals surface area contributed by atoms with E-state index < -0.39 is 11.7 Å². The van der Waals surface area contributed by atoms with Crippen LogP contribution >= 0.6 is 0 Å². The number of alkyl halides is 3. The van der Waals surface area contributed by atoms with Gasteiger partial charge in [0, 0.05) is 56.8 Å². The zero-order valence-corrected chi connectivity index (χ0v) is 22.8. The molecular weight excluding hydrogens is 495 g/mol. The van der Waals surface area contributed by atoms with Gasteiger partial charge in [-0.25, -0.2) is 9.97 Å². The predicted octanol–water partition coefficient (Wildman–Crippen LogP) is 4.20. The summed E-state index contributed by atoms with van der Waals surface area (Å²) in [5.74, 6) is -0.150. The average molecular weight is 534 g/mol. The van der Waals surface area contributed by atoms with Crippen LogP contribution in [0.3, 0.4) is 0 Å². The summed E-state index contributed by atoms with van der Waals surface area (Å²) in [5, 5.41) is 3.57. The monoisotopic (exact) mass is 533 g/mol. The number of methoxy groups -OCH3 is 1. The van der Waals surface area contributed by atoms with E-state index in [2.05, 4.69) is 34.0 Å². The Labute approximate surface area is 222 Å². The summed E-state index contributed by atoms with van der Waals surface area (Å²) < 4.78 is 45.2. The fourth-order valence-corrected chi connectivity index (χ4v) is 6.18. The molecule has 0 spiro atoms. The van der Waals surface area contributed by atoms with Crippen LogP contribution in [0.1, 0.15) is 65.5 Å². The summed E-state index contributed by atoms with van der Waals surface area (Å²) >= 11 is 0. The molecule has 2 aromatic rings. The first kappa shape index (κ1) is 28.4. The number of carbonyl (C=O) groups excluding carboxylic acids is 1. The van der Waals surface area contributed by atoms with Crippen LogP contribution in [0.25, 0.3) is 0 Å². The van der Waals surface area contributed by atoms with Crippen molar-refractivity contribution in [2.45, 2.75) is 70.3 Å². The number of nitrogens with one attached hydrogen (secondary N) is 1. The topological polar surface area (TPSA) is 70.6 Å². The Balaban J connectivity index is 1.56. The molecule has 2 aliphatic rings. The molecule has 0 saturated carbocycles. The second-order valence-electron chi connectivity index (χ2n) is 10.8. The van der Waals surface area contributed by atoms with Crippen LogP contribution < -0.4 is 5.32 Å². The molecule has 1 unspecified atom stereocenters. The molecule has 0 radical (unpaired) electrons. The number of carbonyl (C=O) groups is 1. The Morgan fingerprint density at radius 2 is 1.74 bits per heavy atom. The number of nitrogens with zero attached hydrogens (tertiary/aromatic N) is 4. The first-order valence-corrected chi connectivity index (χ1v) is 13.2. The maximum Gasteiger partial charge on any atom is 0.416 e. The number of likely N-dealkylation sites (tertiary alicyclic amines) is 1. The maximum atomic E-state index is 13.3. The Bertz CT molecular complexity index is 1100. The van der Waals surface area contributed by atoms with Crippen molar-refractivity contribution < 1.29 is 22.7 Å². The third-order valence-corrected chi connectivity index (χ3v) is 8.38. The number of hydrogen-bond acceptors (Lipinski definition) is 6. The van der Waals surface area contributed by atoms with Crippen molar-refractivity contribution in [3.8, 4) is 0 Å². The van der Waals surface area contributed by atoms with Crippen LogP contribution in [0.5, 0.6) is 0 Å². The molecule has 0 bridgehead atoms. The number of rotatable bonds is 6. The van der Waals surface area contributed by atoms with Gasteiger partial charge in [-0.1, -0.05) is 12.1 Å². The lowest BCUT2D eigenvalue weighted by Crippen LogP contribution is -2.67. The Kier molecular flexibility index (Phi) is 8.44. The lowest BCUT2D eigenvalue weighted by molar-refractivity contribution is -0.137. The lowest BCUT2D eigenvalue weighted by Gasteiger charge is -2.55. The molecule has 1 aromatic carbocycles. The highest BCUT2D eigenvalue weighted by molar-refractivity contribution is 5.96. The second-order valence-corrected chi connectivity index (χ2v) is 10.8. The van der Waals surface area contributed by atoms with E-state index in [1.165, 1.54) is 6.33 Å². The van der Waals surface area contributed by atoms with Crippen molar-refractivity contribution >= 4 is 5.91 Å². The molecule has 2 saturated heterocycles. The van der Waals surface area contributed by atoms with E-state index in [0.29, 0.717) is 36.6 Å². The number of amides is 1. The minimum atomic E-state index is -4.37. The van der Waals surface area contributed by atoms with Crippen molar-refractivity contribution in [3.63, 3.8) is 0 Å². The molecular formula is C28H38F3N5O2. The second kappa shape index (κ2) is 11.3. The van der Waals surface area contributed by atoms with Gasteiger partial charge in [0.2, 0.25) is 0 Å². The Morgan fingerprint density at radius 3 is 2.29 bits per heavy atom. The van der Waals surface area contributed by atoms with E-state index in [1.807, 2.05) is 18.7 Å². The van der Waals surface area contributed by atoms with Crippen LogP contribution in [0.2, 0.25) is 0 Å². The van der Waals surface area contributed by atoms with Gasteiger partial charge < -0.3 is 15.0 Å². The molecule has 1 aromatic heterocycles. The SMILES string of the molecule is COC[C@H](c1ccc(C(F)(F)F)cc1)[C@H]1C(C)NCCN1C1(C)CCN(C(=O)c2c(C)ncnc2C)CC1. The van der Waals surface area contributed by atoms with Crippen molar-refractivity contribution in [3.05, 3.63) is 58.7 Å². The Morgan fingerprint density at radius 1 is 1.13 bits per heavy atom. The first-order chi connectivity index (χ1) is 18.0. The fraction of sp³-hybridized carbons (Fsp3) is 0.607. The maximum absolute atomic E-state index is 13.3. The minimum absolute atomic E-state index is 0.0136. The summed E-state index contributed by atoms with van der Waals surface area (Å²) in [6.45, 7) is 11.3. The van der Waals surface area contributed by atoms with Gasteiger partial charge in [-0.2, -0.15) is 13.2 Å². The van der Waals surface area contributed by atoms with Crippen molar-refractivity contribution in [1.82, 2.24) is 25.1 Å². The molecule has 3 heterocycles. The van der Waals surface area contributed by atoms with Gasteiger partial charge >= 0.3 is 6.18 Å². The highest BCUT2D eigenvalue weighted by Gasteiger charge is 2.46. The molecule has 38 heavy (non-hydrogen) atoms. The first-order valence-electron chi connectivity index (χ1n) is 13.2. The quantitative estimate of drug-likeness (QED) is 0.600. The van der Waals surface area contributed by atoms with Gasteiger partial charge in [0.25, 0.3) is 5.91 Å². The van der Waals surface area contributed by atoms with Gasteiger partial charge in [-0.15, -0.1) is 0 Å². The molecule has 7 nitrogen and oxygen atoms in total. The normalized spacial score (nSPS) is 23.3. The summed E-state index contributed by atoms with van der Waals surface area (Å²) in [6.07, 6.45) is -1.31. The van der Waals surface area contributed by atoms with Gasteiger partial charge in [0.05, 0.1) is 29.1 Å². The number of piperazine rings is 1. The van der Waals surface area contributed by atoms with Gasteiger partial charge in [0.15, 0.2) is 0 Å². The van der Waals surface area contributed by atoms with Crippen LogP contribution in [-0.2, 0) is 10.9 Å². The van der Waals surface area contributed by atoms with E-state index in [1.54, 1.807) is 19.2 Å². The molecule has 3 atom stereocenters. The zero-order chi connectivity index (χ0) is 27.7.